The molecule has 0 atom stereocenters. The molecule has 0 aromatic heterocycles. The zero-order valence-corrected chi connectivity index (χ0v) is 15.2. The zero-order valence-electron chi connectivity index (χ0n) is 11.2. The van der Waals surface area contributed by atoms with Crippen molar-refractivity contribution in [3.63, 3.8) is 0 Å². The van der Waals surface area contributed by atoms with Gasteiger partial charge in [0.2, 0.25) is 10.0 Å². The van der Waals surface area contributed by atoms with Gasteiger partial charge in [-0.1, -0.05) is 15.9 Å². The fraction of sp³-hybridized carbons (Fsp3) is 0.538. The van der Waals surface area contributed by atoms with Crippen molar-refractivity contribution < 1.29 is 13.2 Å². The van der Waals surface area contributed by atoms with Crippen LogP contribution in [0.5, 0.6) is 0 Å². The van der Waals surface area contributed by atoms with Gasteiger partial charge >= 0.3 is 0 Å². The average molecular weight is 427 g/mol. The molecule has 20 heavy (non-hydrogen) atoms. The maximum atomic E-state index is 12.7. The van der Waals surface area contributed by atoms with Gasteiger partial charge in [0.1, 0.15) is 0 Å². The van der Waals surface area contributed by atoms with E-state index in [0.717, 1.165) is 17.3 Å². The molecular weight excluding hydrogens is 410 g/mol. The molecule has 1 aromatic rings. The highest BCUT2D eigenvalue weighted by molar-refractivity contribution is 9.11. The van der Waals surface area contributed by atoms with E-state index in [-0.39, 0.29) is 6.10 Å². The molecule has 7 heteroatoms. The highest BCUT2D eigenvalue weighted by Crippen LogP contribution is 2.30. The summed E-state index contributed by atoms with van der Waals surface area (Å²) in [4.78, 5) is 0.307. The van der Waals surface area contributed by atoms with E-state index in [2.05, 4.69) is 31.9 Å². The van der Waals surface area contributed by atoms with E-state index in [4.69, 9.17) is 4.74 Å². The number of nitrogens with zero attached hydrogens (tertiary/aromatic N) is 1. The summed E-state index contributed by atoms with van der Waals surface area (Å²) in [5, 5.41) is 0. The number of piperidine rings is 1. The van der Waals surface area contributed by atoms with Crippen LogP contribution in [0.2, 0.25) is 0 Å². The number of halogens is 2. The lowest BCUT2D eigenvalue weighted by Gasteiger charge is -2.31. The first-order valence-electron chi connectivity index (χ1n) is 6.52. The Bertz CT molecular complexity index is 569. The summed E-state index contributed by atoms with van der Waals surface area (Å²) in [6, 6.07) is 5.18. The molecule has 1 aromatic carbocycles. The van der Waals surface area contributed by atoms with Gasteiger partial charge in [-0.15, -0.1) is 0 Å². The van der Waals surface area contributed by atoms with Crippen LogP contribution in [0.25, 0.3) is 0 Å². The van der Waals surface area contributed by atoms with Gasteiger partial charge in [0.25, 0.3) is 0 Å². The van der Waals surface area contributed by atoms with Gasteiger partial charge in [0.15, 0.2) is 0 Å². The number of hydrogen-bond donors (Lipinski definition) is 0. The third-order valence-corrected chi connectivity index (χ3v) is 6.70. The number of hydrogen-bond acceptors (Lipinski definition) is 3. The summed E-state index contributed by atoms with van der Waals surface area (Å²) in [5.74, 6) is 0. The normalized spacial score (nSPS) is 18.4. The van der Waals surface area contributed by atoms with Crippen LogP contribution in [0.4, 0.5) is 0 Å². The van der Waals surface area contributed by atoms with E-state index < -0.39 is 10.0 Å². The summed E-state index contributed by atoms with van der Waals surface area (Å²) >= 11 is 6.64. The van der Waals surface area contributed by atoms with Crippen molar-refractivity contribution in [2.75, 3.05) is 19.7 Å². The largest absolute Gasteiger partial charge is 0.378 e. The van der Waals surface area contributed by atoms with Crippen molar-refractivity contribution in [2.24, 2.45) is 0 Å². The number of sulfonamides is 1. The standard InChI is InChI=1S/C13H17Br2NO3S/c1-2-19-11-5-7-16(8-6-11)20(17,18)13-9-10(14)3-4-12(13)15/h3-4,9,11H,2,5-8H2,1H3. The predicted molar refractivity (Wildman–Crippen MR) is 85.2 cm³/mol. The quantitative estimate of drug-likeness (QED) is 0.741. The van der Waals surface area contributed by atoms with Crippen LogP contribution >= 0.6 is 31.9 Å². The Hall–Kier alpha value is 0.0500. The monoisotopic (exact) mass is 425 g/mol. The molecule has 1 fully saturated rings. The number of rotatable bonds is 4. The van der Waals surface area contributed by atoms with Gasteiger partial charge in [0.05, 0.1) is 11.0 Å². The predicted octanol–water partition coefficient (Wildman–Crippen LogP) is 3.40. The van der Waals surface area contributed by atoms with Gasteiger partial charge in [-0.05, 0) is 53.9 Å². The lowest BCUT2D eigenvalue weighted by atomic mass is 10.1. The van der Waals surface area contributed by atoms with Crippen LogP contribution in [0.1, 0.15) is 19.8 Å². The van der Waals surface area contributed by atoms with Crippen molar-refractivity contribution in [1.82, 2.24) is 4.31 Å². The Kier molecular flexibility index (Phi) is 5.64. The van der Waals surface area contributed by atoms with E-state index in [1.54, 1.807) is 12.1 Å². The molecular formula is C13H17Br2NO3S. The smallest absolute Gasteiger partial charge is 0.244 e. The summed E-state index contributed by atoms with van der Waals surface area (Å²) in [7, 11) is -3.45. The second-order valence-corrected chi connectivity index (χ2v) is 8.31. The van der Waals surface area contributed by atoms with Crippen molar-refractivity contribution in [3.05, 3.63) is 27.1 Å². The van der Waals surface area contributed by atoms with Crippen molar-refractivity contribution in [3.8, 4) is 0 Å². The van der Waals surface area contributed by atoms with Gasteiger partial charge in [-0.25, -0.2) is 8.42 Å². The molecule has 0 aliphatic carbocycles. The topological polar surface area (TPSA) is 46.6 Å². The van der Waals surface area contributed by atoms with E-state index >= 15 is 0 Å². The lowest BCUT2D eigenvalue weighted by Crippen LogP contribution is -2.40. The second kappa shape index (κ2) is 6.87. The third kappa shape index (κ3) is 3.62. The van der Waals surface area contributed by atoms with Crippen LogP contribution < -0.4 is 0 Å². The molecule has 1 aliphatic rings. The number of ether oxygens (including phenoxy) is 1. The molecule has 1 aliphatic heterocycles. The van der Waals surface area contributed by atoms with Crippen LogP contribution in [-0.4, -0.2) is 38.5 Å². The summed E-state index contributed by atoms with van der Waals surface area (Å²) in [5.41, 5.74) is 0. The first kappa shape index (κ1) is 16.4. The Morgan fingerprint density at radius 3 is 2.55 bits per heavy atom. The SMILES string of the molecule is CCOC1CCN(S(=O)(=O)c2cc(Br)ccc2Br)CC1. The van der Waals surface area contributed by atoms with Crippen LogP contribution in [0, 0.1) is 0 Å². The average Bonchev–Trinajstić information content (AvgIpc) is 2.42. The molecule has 0 amide bonds. The maximum absolute atomic E-state index is 12.7. The summed E-state index contributed by atoms with van der Waals surface area (Å²) < 4.78 is 33.8. The summed E-state index contributed by atoms with van der Waals surface area (Å²) in [6.45, 7) is 3.65. The van der Waals surface area contributed by atoms with Crippen molar-refractivity contribution >= 4 is 41.9 Å². The molecule has 0 spiro atoms. The molecule has 2 rings (SSSR count). The van der Waals surface area contributed by atoms with Crippen molar-refractivity contribution in [2.45, 2.75) is 30.8 Å². The summed E-state index contributed by atoms with van der Waals surface area (Å²) in [6.07, 6.45) is 1.68. The highest BCUT2D eigenvalue weighted by atomic mass is 79.9. The molecule has 0 bridgehead atoms. The van der Waals surface area contributed by atoms with Gasteiger partial charge in [-0.3, -0.25) is 0 Å². The molecule has 0 N–H and O–H groups in total. The van der Waals surface area contributed by atoms with E-state index in [9.17, 15) is 8.42 Å². The molecule has 0 radical (unpaired) electrons. The molecule has 4 nitrogen and oxygen atoms in total. The minimum Gasteiger partial charge on any atom is -0.378 e. The highest BCUT2D eigenvalue weighted by Gasteiger charge is 2.30. The van der Waals surface area contributed by atoms with Crippen molar-refractivity contribution in [1.29, 1.82) is 0 Å². The van der Waals surface area contributed by atoms with Gasteiger partial charge < -0.3 is 4.74 Å². The number of benzene rings is 1. The fourth-order valence-corrected chi connectivity index (χ4v) is 5.22. The van der Waals surface area contributed by atoms with E-state index in [1.807, 2.05) is 13.0 Å². The van der Waals surface area contributed by atoms with Crippen LogP contribution in [-0.2, 0) is 14.8 Å². The second-order valence-electron chi connectivity index (χ2n) is 4.63. The van der Waals surface area contributed by atoms with E-state index in [1.165, 1.54) is 4.31 Å². The van der Waals surface area contributed by atoms with Gasteiger partial charge in [0, 0.05) is 28.6 Å². The van der Waals surface area contributed by atoms with Gasteiger partial charge in [-0.2, -0.15) is 4.31 Å². The van der Waals surface area contributed by atoms with E-state index in [0.29, 0.717) is 29.1 Å². The Morgan fingerprint density at radius 1 is 1.30 bits per heavy atom. The Labute approximate surface area is 136 Å². The zero-order chi connectivity index (χ0) is 14.8. The maximum Gasteiger partial charge on any atom is 0.244 e. The molecule has 0 unspecified atom stereocenters. The Balaban J connectivity index is 2.18. The minimum atomic E-state index is -3.45. The molecule has 1 heterocycles. The van der Waals surface area contributed by atoms with Crippen LogP contribution in [0.15, 0.2) is 32.0 Å². The van der Waals surface area contributed by atoms with Crippen LogP contribution in [0.3, 0.4) is 0 Å². The molecule has 0 saturated carbocycles. The lowest BCUT2D eigenvalue weighted by molar-refractivity contribution is 0.0290. The minimum absolute atomic E-state index is 0.178. The third-order valence-electron chi connectivity index (χ3n) is 3.31. The molecule has 1 saturated heterocycles. The Morgan fingerprint density at radius 2 is 1.95 bits per heavy atom. The first-order chi connectivity index (χ1) is 9.45. The fourth-order valence-electron chi connectivity index (χ4n) is 2.29. The molecule has 112 valence electrons. The first-order valence-corrected chi connectivity index (χ1v) is 9.54.